The van der Waals surface area contributed by atoms with E-state index in [0.717, 1.165) is 62.6 Å². The van der Waals surface area contributed by atoms with Gasteiger partial charge in [-0.3, -0.25) is 9.69 Å². The van der Waals surface area contributed by atoms with E-state index in [0.29, 0.717) is 30.9 Å². The molecule has 0 spiro atoms. The van der Waals surface area contributed by atoms with E-state index in [2.05, 4.69) is 9.88 Å². The van der Waals surface area contributed by atoms with Gasteiger partial charge in [-0.15, -0.1) is 0 Å². The highest BCUT2D eigenvalue weighted by Crippen LogP contribution is 2.29. The summed E-state index contributed by atoms with van der Waals surface area (Å²) in [6, 6.07) is 5.86. The topological polar surface area (TPSA) is 64.1 Å². The number of carbonyl (C=O) groups excluding carboxylic acids is 1. The van der Waals surface area contributed by atoms with Gasteiger partial charge >= 0.3 is 0 Å². The minimum atomic E-state index is 0.160. The summed E-state index contributed by atoms with van der Waals surface area (Å²) in [6.45, 7) is 8.21. The quantitative estimate of drug-likeness (QED) is 0.671. The van der Waals surface area contributed by atoms with Crippen LogP contribution in [0.5, 0.6) is 16.7 Å². The normalized spacial score (nSPS) is 18.4. The lowest BCUT2D eigenvalue weighted by molar-refractivity contribution is -0.141. The van der Waals surface area contributed by atoms with Crippen molar-refractivity contribution >= 4 is 17.2 Å². The largest absolute Gasteiger partial charge is 0.492 e. The maximum Gasteiger partial charge on any atom is 0.278 e. The molecule has 2 aliphatic heterocycles. The Balaban J connectivity index is 1.18. The lowest BCUT2D eigenvalue weighted by Gasteiger charge is -2.35. The molecule has 0 saturated carbocycles. The Bertz CT molecular complexity index is 816. The molecule has 2 aliphatic rings. The third-order valence-corrected chi connectivity index (χ3v) is 6.34. The molecule has 0 radical (unpaired) electrons. The smallest absolute Gasteiger partial charge is 0.278 e. The highest BCUT2D eigenvalue weighted by Gasteiger charge is 2.29. The zero-order valence-electron chi connectivity index (χ0n) is 17.4. The summed E-state index contributed by atoms with van der Waals surface area (Å²) in [5.41, 5.74) is 1.02. The summed E-state index contributed by atoms with van der Waals surface area (Å²) >= 11 is 1.47. The van der Waals surface area contributed by atoms with Crippen molar-refractivity contribution in [2.24, 2.45) is 5.92 Å². The van der Waals surface area contributed by atoms with Crippen LogP contribution in [0.1, 0.15) is 18.4 Å². The minimum absolute atomic E-state index is 0.160. The van der Waals surface area contributed by atoms with E-state index in [1.54, 1.807) is 6.20 Å². The fraction of sp³-hybridized carbons (Fsp3) is 0.545. The predicted molar refractivity (Wildman–Crippen MR) is 115 cm³/mol. The molecule has 1 aromatic heterocycles. The van der Waals surface area contributed by atoms with Crippen LogP contribution in [-0.2, 0) is 9.53 Å². The Kier molecular flexibility index (Phi) is 7.20. The number of amides is 1. The zero-order valence-corrected chi connectivity index (χ0v) is 18.2. The van der Waals surface area contributed by atoms with Gasteiger partial charge in [0.05, 0.1) is 13.2 Å². The van der Waals surface area contributed by atoms with Crippen molar-refractivity contribution in [2.45, 2.75) is 19.8 Å². The van der Waals surface area contributed by atoms with Crippen LogP contribution in [-0.4, -0.2) is 73.2 Å². The highest BCUT2D eigenvalue weighted by molar-refractivity contribution is 7.11. The van der Waals surface area contributed by atoms with Gasteiger partial charge in [-0.1, -0.05) is 11.3 Å². The number of morpholine rings is 1. The number of rotatable bonds is 7. The number of nitrogens with zero attached hydrogens (tertiary/aromatic N) is 3. The molecule has 162 valence electrons. The molecule has 8 heteroatoms. The number of ether oxygens (including phenoxy) is 3. The van der Waals surface area contributed by atoms with Gasteiger partial charge < -0.3 is 19.1 Å². The molecule has 7 nitrogen and oxygen atoms in total. The average Bonchev–Trinajstić information content (AvgIpc) is 3.29. The van der Waals surface area contributed by atoms with E-state index in [-0.39, 0.29) is 5.92 Å². The van der Waals surface area contributed by atoms with E-state index >= 15 is 0 Å². The van der Waals surface area contributed by atoms with Gasteiger partial charge in [0.1, 0.15) is 18.1 Å². The molecule has 2 aromatic rings. The van der Waals surface area contributed by atoms with Crippen molar-refractivity contribution in [3.8, 4) is 16.7 Å². The Hall–Kier alpha value is -2.16. The maximum absolute atomic E-state index is 12.6. The van der Waals surface area contributed by atoms with Gasteiger partial charge in [-0.25, -0.2) is 4.98 Å². The van der Waals surface area contributed by atoms with Crippen LogP contribution < -0.4 is 9.47 Å². The molecule has 30 heavy (non-hydrogen) atoms. The summed E-state index contributed by atoms with van der Waals surface area (Å²) in [7, 11) is 0. The third-order valence-electron chi connectivity index (χ3n) is 5.69. The second kappa shape index (κ2) is 10.2. The Labute approximate surface area is 181 Å². The van der Waals surface area contributed by atoms with Crippen molar-refractivity contribution in [1.29, 1.82) is 0 Å². The maximum atomic E-state index is 12.6. The fourth-order valence-electron chi connectivity index (χ4n) is 3.92. The first kappa shape index (κ1) is 21.1. The van der Waals surface area contributed by atoms with Crippen molar-refractivity contribution in [3.05, 3.63) is 35.3 Å². The average molecular weight is 432 g/mol. The summed E-state index contributed by atoms with van der Waals surface area (Å²) in [5.74, 6) is 2.11. The highest BCUT2D eigenvalue weighted by atomic mass is 32.1. The number of aryl methyl sites for hydroxylation is 1. The lowest BCUT2D eigenvalue weighted by atomic mass is 9.95. The van der Waals surface area contributed by atoms with Crippen molar-refractivity contribution in [2.75, 3.05) is 52.5 Å². The Morgan fingerprint density at radius 3 is 2.73 bits per heavy atom. The molecule has 0 atom stereocenters. The van der Waals surface area contributed by atoms with Crippen molar-refractivity contribution in [1.82, 2.24) is 14.8 Å². The minimum Gasteiger partial charge on any atom is -0.492 e. The molecule has 3 heterocycles. The SMILES string of the molecule is Cc1cc(OCCN2CCC(C(=O)N3CCOCC3)CC2)ccc1Oc1nccs1. The summed E-state index contributed by atoms with van der Waals surface area (Å²) in [4.78, 5) is 21.1. The van der Waals surface area contributed by atoms with Crippen LogP contribution in [0.3, 0.4) is 0 Å². The molecule has 2 saturated heterocycles. The van der Waals surface area contributed by atoms with Crippen LogP contribution in [0.4, 0.5) is 0 Å². The molecular weight excluding hydrogens is 402 g/mol. The molecule has 0 unspecified atom stereocenters. The van der Waals surface area contributed by atoms with Gasteiger partial charge in [0.25, 0.3) is 5.19 Å². The fourth-order valence-corrected chi connectivity index (χ4v) is 4.42. The standard InChI is InChI=1S/C22H29N3O4S/c1-17-16-19(2-3-20(17)29-22-23-6-15-30-22)28-14-9-24-7-4-18(5-8-24)21(26)25-10-12-27-13-11-25/h2-3,6,15-16,18H,4-5,7-14H2,1H3. The second-order valence-electron chi connectivity index (χ2n) is 7.73. The first-order chi connectivity index (χ1) is 14.7. The van der Waals surface area contributed by atoms with Gasteiger partial charge in [0.15, 0.2) is 0 Å². The Morgan fingerprint density at radius 1 is 1.23 bits per heavy atom. The summed E-state index contributed by atoms with van der Waals surface area (Å²) in [5, 5.41) is 2.53. The number of hydrogen-bond donors (Lipinski definition) is 0. The number of piperidine rings is 1. The first-order valence-corrected chi connectivity index (χ1v) is 11.5. The molecule has 0 N–H and O–H groups in total. The number of aromatic nitrogens is 1. The zero-order chi connectivity index (χ0) is 20.8. The molecular formula is C22H29N3O4S. The predicted octanol–water partition coefficient (Wildman–Crippen LogP) is 3.19. The van der Waals surface area contributed by atoms with Crippen LogP contribution in [0, 0.1) is 12.8 Å². The monoisotopic (exact) mass is 431 g/mol. The number of hydrogen-bond acceptors (Lipinski definition) is 7. The number of benzene rings is 1. The number of thiazole rings is 1. The van der Waals surface area contributed by atoms with E-state index < -0.39 is 0 Å². The van der Waals surface area contributed by atoms with Gasteiger partial charge in [-0.05, 0) is 56.6 Å². The van der Waals surface area contributed by atoms with Crippen LogP contribution in [0.25, 0.3) is 0 Å². The van der Waals surface area contributed by atoms with Gasteiger partial charge in [-0.2, -0.15) is 0 Å². The summed E-state index contributed by atoms with van der Waals surface area (Å²) < 4.78 is 17.1. The van der Waals surface area contributed by atoms with E-state index in [1.165, 1.54) is 11.3 Å². The number of likely N-dealkylation sites (tertiary alicyclic amines) is 1. The second-order valence-corrected chi connectivity index (χ2v) is 8.59. The number of carbonyl (C=O) groups is 1. The molecule has 1 amide bonds. The van der Waals surface area contributed by atoms with Crippen molar-refractivity contribution < 1.29 is 19.0 Å². The van der Waals surface area contributed by atoms with Gasteiger partial charge in [0.2, 0.25) is 5.91 Å². The molecule has 0 bridgehead atoms. The van der Waals surface area contributed by atoms with Crippen molar-refractivity contribution in [3.63, 3.8) is 0 Å². The van der Waals surface area contributed by atoms with Crippen LogP contribution in [0.15, 0.2) is 29.8 Å². The molecule has 1 aromatic carbocycles. The first-order valence-electron chi connectivity index (χ1n) is 10.6. The Morgan fingerprint density at radius 2 is 2.03 bits per heavy atom. The molecule has 0 aliphatic carbocycles. The van der Waals surface area contributed by atoms with Crippen LogP contribution >= 0.6 is 11.3 Å². The molecule has 4 rings (SSSR count). The lowest BCUT2D eigenvalue weighted by Crippen LogP contribution is -2.47. The van der Waals surface area contributed by atoms with E-state index in [1.807, 2.05) is 35.4 Å². The van der Waals surface area contributed by atoms with E-state index in [9.17, 15) is 4.79 Å². The summed E-state index contributed by atoms with van der Waals surface area (Å²) in [6.07, 6.45) is 3.59. The van der Waals surface area contributed by atoms with E-state index in [4.69, 9.17) is 14.2 Å². The van der Waals surface area contributed by atoms with Crippen LogP contribution in [0.2, 0.25) is 0 Å². The van der Waals surface area contributed by atoms with Gasteiger partial charge in [0, 0.05) is 37.1 Å². The molecule has 2 fully saturated rings. The third kappa shape index (κ3) is 5.50.